The van der Waals surface area contributed by atoms with Crippen LogP contribution in [0.4, 0.5) is 0 Å². The number of hydrogen-bond acceptors (Lipinski definition) is 4. The quantitative estimate of drug-likeness (QED) is 0.879. The minimum Gasteiger partial charge on any atom is -0.480 e. The maximum atomic E-state index is 10.9. The van der Waals surface area contributed by atoms with Crippen LogP contribution >= 0.6 is 22.9 Å². The van der Waals surface area contributed by atoms with Crippen LogP contribution < -0.4 is 0 Å². The number of carboxylic acids is 1. The van der Waals surface area contributed by atoms with Crippen LogP contribution in [0.2, 0.25) is 5.02 Å². The minimum absolute atomic E-state index is 0.0193. The first-order valence-electron chi connectivity index (χ1n) is 6.62. The lowest BCUT2D eigenvalue weighted by Crippen LogP contribution is -2.35. The predicted molar refractivity (Wildman–Crippen MR) is 85.7 cm³/mol. The summed E-state index contributed by atoms with van der Waals surface area (Å²) in [5.41, 5.74) is 1.91. The van der Waals surface area contributed by atoms with Gasteiger partial charge in [0.05, 0.1) is 12.2 Å². The van der Waals surface area contributed by atoms with Gasteiger partial charge in [-0.25, -0.2) is 4.98 Å². The van der Waals surface area contributed by atoms with Crippen LogP contribution in [0.25, 0.3) is 10.6 Å². The Balaban J connectivity index is 2.11. The van der Waals surface area contributed by atoms with Gasteiger partial charge in [0.15, 0.2) is 0 Å². The lowest BCUT2D eigenvalue weighted by atomic mass is 10.2. The second-order valence-corrected chi connectivity index (χ2v) is 6.34. The van der Waals surface area contributed by atoms with E-state index in [0.717, 1.165) is 16.3 Å². The molecular formula is C15H17ClN2O2S. The van der Waals surface area contributed by atoms with E-state index in [-0.39, 0.29) is 12.6 Å². The molecule has 1 N–H and O–H groups in total. The Bertz CT molecular complexity index is 610. The second-order valence-electron chi connectivity index (χ2n) is 5.04. The number of halogens is 1. The van der Waals surface area contributed by atoms with E-state index in [9.17, 15) is 4.79 Å². The van der Waals surface area contributed by atoms with Gasteiger partial charge in [0.1, 0.15) is 5.01 Å². The topological polar surface area (TPSA) is 53.4 Å². The van der Waals surface area contributed by atoms with E-state index in [4.69, 9.17) is 16.7 Å². The van der Waals surface area contributed by atoms with E-state index in [1.54, 1.807) is 11.3 Å². The summed E-state index contributed by atoms with van der Waals surface area (Å²) in [5.74, 6) is -0.822. The maximum absolute atomic E-state index is 10.9. The molecule has 0 amide bonds. The van der Waals surface area contributed by atoms with Crippen molar-refractivity contribution < 1.29 is 9.90 Å². The summed E-state index contributed by atoms with van der Waals surface area (Å²) in [4.78, 5) is 17.3. The summed E-state index contributed by atoms with van der Waals surface area (Å²) in [6, 6.07) is 7.69. The molecule has 0 atom stereocenters. The molecule has 0 aliphatic rings. The number of nitrogens with zero attached hydrogens (tertiary/aromatic N) is 2. The van der Waals surface area contributed by atoms with Gasteiger partial charge in [0, 0.05) is 28.6 Å². The summed E-state index contributed by atoms with van der Waals surface area (Å²) in [5, 5.41) is 12.5. The minimum atomic E-state index is -0.822. The molecule has 112 valence electrons. The highest BCUT2D eigenvalue weighted by Crippen LogP contribution is 2.25. The molecular weight excluding hydrogens is 308 g/mol. The molecule has 0 aliphatic carbocycles. The zero-order valence-electron chi connectivity index (χ0n) is 11.9. The van der Waals surface area contributed by atoms with E-state index < -0.39 is 5.97 Å². The number of thiazole rings is 1. The van der Waals surface area contributed by atoms with Crippen LogP contribution in [0.1, 0.15) is 19.5 Å². The van der Waals surface area contributed by atoms with Crippen LogP contribution in [-0.4, -0.2) is 33.5 Å². The molecule has 4 nitrogen and oxygen atoms in total. The number of aliphatic carboxylic acids is 1. The smallest absolute Gasteiger partial charge is 0.317 e. The summed E-state index contributed by atoms with van der Waals surface area (Å²) in [6.45, 7) is 4.52. The molecule has 2 aromatic rings. The molecule has 2 rings (SSSR count). The third-order valence-electron chi connectivity index (χ3n) is 3.08. The van der Waals surface area contributed by atoms with Crippen molar-refractivity contribution in [3.05, 3.63) is 40.4 Å². The molecule has 0 radical (unpaired) electrons. The van der Waals surface area contributed by atoms with Gasteiger partial charge in [-0.15, -0.1) is 11.3 Å². The van der Waals surface area contributed by atoms with Gasteiger partial charge >= 0.3 is 5.97 Å². The fourth-order valence-electron chi connectivity index (χ4n) is 1.91. The van der Waals surface area contributed by atoms with Crippen molar-refractivity contribution in [3.63, 3.8) is 0 Å². The first kappa shape index (κ1) is 15.9. The van der Waals surface area contributed by atoms with Crippen molar-refractivity contribution in [1.82, 2.24) is 9.88 Å². The molecule has 0 aliphatic heterocycles. The first-order chi connectivity index (χ1) is 9.95. The van der Waals surface area contributed by atoms with Crippen LogP contribution in [0.15, 0.2) is 29.6 Å². The van der Waals surface area contributed by atoms with Crippen molar-refractivity contribution in [2.24, 2.45) is 0 Å². The second kappa shape index (κ2) is 7.02. The Kier molecular flexibility index (Phi) is 5.33. The number of aromatic nitrogens is 1. The largest absolute Gasteiger partial charge is 0.480 e. The summed E-state index contributed by atoms with van der Waals surface area (Å²) in [6.07, 6.45) is 0. The van der Waals surface area contributed by atoms with Crippen molar-refractivity contribution in [1.29, 1.82) is 0 Å². The molecule has 0 fully saturated rings. The molecule has 0 saturated carbocycles. The molecule has 1 aromatic heterocycles. The van der Waals surface area contributed by atoms with Crippen molar-refractivity contribution in [3.8, 4) is 10.6 Å². The normalized spacial score (nSPS) is 11.3. The van der Waals surface area contributed by atoms with Crippen molar-refractivity contribution in [2.75, 3.05) is 6.54 Å². The highest BCUT2D eigenvalue weighted by Gasteiger charge is 2.15. The van der Waals surface area contributed by atoms with Crippen LogP contribution in [0.5, 0.6) is 0 Å². The molecule has 1 heterocycles. The number of hydrogen-bond donors (Lipinski definition) is 1. The van der Waals surface area contributed by atoms with E-state index in [1.807, 2.05) is 48.4 Å². The van der Waals surface area contributed by atoms with E-state index in [1.165, 1.54) is 0 Å². The van der Waals surface area contributed by atoms with Gasteiger partial charge in [0.2, 0.25) is 0 Å². The van der Waals surface area contributed by atoms with Gasteiger partial charge in [-0.05, 0) is 26.0 Å². The molecule has 6 heteroatoms. The zero-order chi connectivity index (χ0) is 15.4. The highest BCUT2D eigenvalue weighted by atomic mass is 35.5. The van der Waals surface area contributed by atoms with Crippen LogP contribution in [0.3, 0.4) is 0 Å². The van der Waals surface area contributed by atoms with E-state index in [2.05, 4.69) is 4.98 Å². The summed E-state index contributed by atoms with van der Waals surface area (Å²) in [7, 11) is 0. The average molecular weight is 325 g/mol. The van der Waals surface area contributed by atoms with Crippen LogP contribution in [0, 0.1) is 0 Å². The van der Waals surface area contributed by atoms with Crippen LogP contribution in [-0.2, 0) is 11.3 Å². The molecule has 0 unspecified atom stereocenters. The Labute approximate surface area is 133 Å². The van der Waals surface area contributed by atoms with Gasteiger partial charge in [-0.3, -0.25) is 9.69 Å². The zero-order valence-corrected chi connectivity index (χ0v) is 13.5. The Morgan fingerprint density at radius 3 is 2.62 bits per heavy atom. The van der Waals surface area contributed by atoms with Gasteiger partial charge in [0.25, 0.3) is 0 Å². The average Bonchev–Trinajstić information content (AvgIpc) is 2.87. The monoisotopic (exact) mass is 324 g/mol. The van der Waals surface area contributed by atoms with Gasteiger partial charge in [-0.1, -0.05) is 23.7 Å². The Hall–Kier alpha value is -1.43. The van der Waals surface area contributed by atoms with Crippen molar-refractivity contribution >= 4 is 28.9 Å². The molecule has 0 spiro atoms. The van der Waals surface area contributed by atoms with Crippen molar-refractivity contribution in [2.45, 2.75) is 26.4 Å². The van der Waals surface area contributed by atoms with E-state index in [0.29, 0.717) is 11.6 Å². The van der Waals surface area contributed by atoms with Gasteiger partial charge in [-0.2, -0.15) is 0 Å². The SMILES string of the molecule is CC(C)N(CC(=O)O)Cc1csc(-c2ccc(Cl)cc2)n1. The molecule has 0 bridgehead atoms. The third kappa shape index (κ3) is 4.52. The van der Waals surface area contributed by atoms with Gasteiger partial charge < -0.3 is 5.11 Å². The standard InChI is InChI=1S/C15H17ClN2O2S/c1-10(2)18(8-14(19)20)7-13-9-21-15(17-13)11-3-5-12(16)6-4-11/h3-6,9-10H,7-8H2,1-2H3,(H,19,20). The number of carboxylic acid groups (broad SMARTS) is 1. The molecule has 0 saturated heterocycles. The molecule has 21 heavy (non-hydrogen) atoms. The van der Waals surface area contributed by atoms with E-state index >= 15 is 0 Å². The Morgan fingerprint density at radius 1 is 1.38 bits per heavy atom. The number of rotatable bonds is 6. The number of benzene rings is 1. The fourth-order valence-corrected chi connectivity index (χ4v) is 2.85. The lowest BCUT2D eigenvalue weighted by Gasteiger charge is -2.23. The first-order valence-corrected chi connectivity index (χ1v) is 7.87. The number of carbonyl (C=O) groups is 1. The summed E-state index contributed by atoms with van der Waals surface area (Å²) < 4.78 is 0. The predicted octanol–water partition coefficient (Wildman–Crippen LogP) is 3.76. The Morgan fingerprint density at radius 2 is 2.05 bits per heavy atom. The maximum Gasteiger partial charge on any atom is 0.317 e. The fraction of sp³-hybridized carbons (Fsp3) is 0.333. The lowest BCUT2D eigenvalue weighted by molar-refractivity contribution is -0.138. The summed E-state index contributed by atoms with van der Waals surface area (Å²) >= 11 is 7.43. The highest BCUT2D eigenvalue weighted by molar-refractivity contribution is 7.13. The molecule has 1 aromatic carbocycles. The third-order valence-corrected chi connectivity index (χ3v) is 4.27.